The molecule has 2 aromatic carbocycles. The van der Waals surface area contributed by atoms with Gasteiger partial charge in [-0.05, 0) is 36.4 Å². The van der Waals surface area contributed by atoms with Gasteiger partial charge in [-0.15, -0.1) is 0 Å². The zero-order valence-electron chi connectivity index (χ0n) is 12.3. The zero-order valence-corrected chi connectivity index (χ0v) is 12.3. The van der Waals surface area contributed by atoms with Gasteiger partial charge < -0.3 is 10.2 Å². The van der Waals surface area contributed by atoms with Crippen LogP contribution >= 0.6 is 0 Å². The molecule has 1 amide bonds. The fourth-order valence-corrected chi connectivity index (χ4v) is 1.81. The summed E-state index contributed by atoms with van der Waals surface area (Å²) in [4.78, 5) is 13.8. The number of nitrogens with one attached hydrogen (secondary N) is 1. The first-order valence-electron chi connectivity index (χ1n) is 6.76. The quantitative estimate of drug-likeness (QED) is 0.875. The van der Waals surface area contributed by atoms with Gasteiger partial charge >= 0.3 is 0 Å². The van der Waals surface area contributed by atoms with Gasteiger partial charge in [0, 0.05) is 30.9 Å². The molecule has 0 spiro atoms. The molecule has 0 aliphatic heterocycles. The summed E-state index contributed by atoms with van der Waals surface area (Å²) in [6.45, 7) is 0.336. The highest BCUT2D eigenvalue weighted by molar-refractivity contribution is 5.94. The topological polar surface area (TPSA) is 32.3 Å². The van der Waals surface area contributed by atoms with E-state index < -0.39 is 0 Å². The van der Waals surface area contributed by atoms with Crippen molar-refractivity contribution >= 4 is 11.6 Å². The van der Waals surface area contributed by atoms with E-state index in [4.69, 9.17) is 0 Å². The van der Waals surface area contributed by atoms with Crippen LogP contribution in [0.25, 0.3) is 0 Å². The Morgan fingerprint density at radius 3 is 2.33 bits per heavy atom. The second kappa shape index (κ2) is 7.16. The number of hydrogen-bond donors (Lipinski definition) is 1. The second-order valence-corrected chi connectivity index (χ2v) is 4.79. The average Bonchev–Trinajstić information content (AvgIpc) is 2.52. The number of amides is 1. The average molecular weight is 278 g/mol. The third-order valence-corrected chi connectivity index (χ3v) is 2.99. The molecule has 1 N–H and O–H groups in total. The lowest BCUT2D eigenvalue weighted by Gasteiger charge is -2.11. The van der Waals surface area contributed by atoms with Gasteiger partial charge in [-0.2, -0.15) is 0 Å². The molecular formula is C18H18N2O. The highest BCUT2D eigenvalue weighted by Gasteiger charge is 2.01. The lowest BCUT2D eigenvalue weighted by molar-refractivity contribution is 0.0958. The lowest BCUT2D eigenvalue weighted by atomic mass is 10.2. The minimum absolute atomic E-state index is 0.104. The summed E-state index contributed by atoms with van der Waals surface area (Å²) in [6, 6.07) is 17.1. The minimum atomic E-state index is -0.104. The van der Waals surface area contributed by atoms with E-state index in [2.05, 4.69) is 17.2 Å². The molecule has 0 bridgehead atoms. The van der Waals surface area contributed by atoms with Crippen LogP contribution in [0.5, 0.6) is 0 Å². The van der Waals surface area contributed by atoms with Crippen molar-refractivity contribution in [2.24, 2.45) is 0 Å². The summed E-state index contributed by atoms with van der Waals surface area (Å²) >= 11 is 0. The van der Waals surface area contributed by atoms with Gasteiger partial charge in [-0.1, -0.05) is 30.0 Å². The molecule has 0 saturated heterocycles. The molecule has 0 fully saturated rings. The van der Waals surface area contributed by atoms with E-state index in [1.54, 1.807) is 12.1 Å². The van der Waals surface area contributed by atoms with E-state index in [1.807, 2.05) is 61.5 Å². The van der Waals surface area contributed by atoms with Crippen LogP contribution in [0.3, 0.4) is 0 Å². The maximum Gasteiger partial charge on any atom is 0.252 e. The van der Waals surface area contributed by atoms with Crippen LogP contribution in [-0.4, -0.2) is 26.5 Å². The van der Waals surface area contributed by atoms with E-state index in [1.165, 1.54) is 0 Å². The molecule has 0 radical (unpaired) electrons. The molecule has 2 rings (SSSR count). The fourth-order valence-electron chi connectivity index (χ4n) is 1.81. The van der Waals surface area contributed by atoms with Crippen molar-refractivity contribution in [3.8, 4) is 11.8 Å². The van der Waals surface area contributed by atoms with Crippen molar-refractivity contribution in [2.75, 3.05) is 25.5 Å². The smallest absolute Gasteiger partial charge is 0.252 e. The first kappa shape index (κ1) is 14.7. The first-order chi connectivity index (χ1) is 10.2. The van der Waals surface area contributed by atoms with Gasteiger partial charge in [0.05, 0.1) is 6.54 Å². The van der Waals surface area contributed by atoms with Crippen molar-refractivity contribution in [3.63, 3.8) is 0 Å². The highest BCUT2D eigenvalue weighted by atomic mass is 16.1. The summed E-state index contributed by atoms with van der Waals surface area (Å²) < 4.78 is 0. The zero-order chi connectivity index (χ0) is 15.1. The molecule has 0 aliphatic carbocycles. The summed E-state index contributed by atoms with van der Waals surface area (Å²) in [5, 5.41) is 2.78. The standard InChI is InChI=1S/C18H18N2O/c1-20(2)17-12-10-15(11-13-17)7-6-14-19-18(21)16-8-4-3-5-9-16/h3-5,8-13H,14H2,1-2H3,(H,19,21). The van der Waals surface area contributed by atoms with E-state index in [9.17, 15) is 4.79 Å². The maximum absolute atomic E-state index is 11.8. The van der Waals surface area contributed by atoms with Gasteiger partial charge in [0.2, 0.25) is 0 Å². The number of anilines is 1. The molecule has 0 saturated carbocycles. The molecule has 3 heteroatoms. The first-order valence-corrected chi connectivity index (χ1v) is 6.76. The Balaban J connectivity index is 1.88. The molecular weight excluding hydrogens is 260 g/mol. The number of nitrogens with zero attached hydrogens (tertiary/aromatic N) is 1. The summed E-state index contributed by atoms with van der Waals surface area (Å²) in [7, 11) is 4.00. The Kier molecular flexibility index (Phi) is 5.00. The third-order valence-electron chi connectivity index (χ3n) is 2.99. The van der Waals surface area contributed by atoms with E-state index in [0.29, 0.717) is 12.1 Å². The Labute approximate surface area is 125 Å². The Morgan fingerprint density at radius 2 is 1.71 bits per heavy atom. The van der Waals surface area contributed by atoms with E-state index >= 15 is 0 Å². The molecule has 0 aromatic heterocycles. The van der Waals surface area contributed by atoms with Crippen LogP contribution in [0, 0.1) is 11.8 Å². The van der Waals surface area contributed by atoms with Crippen molar-refractivity contribution in [2.45, 2.75) is 0 Å². The van der Waals surface area contributed by atoms with Crippen molar-refractivity contribution < 1.29 is 4.79 Å². The van der Waals surface area contributed by atoms with Gasteiger partial charge in [-0.3, -0.25) is 4.79 Å². The molecule has 3 nitrogen and oxygen atoms in total. The van der Waals surface area contributed by atoms with E-state index in [0.717, 1.165) is 11.3 Å². The van der Waals surface area contributed by atoms with Crippen molar-refractivity contribution in [1.82, 2.24) is 5.32 Å². The molecule has 0 aliphatic rings. The third kappa shape index (κ3) is 4.39. The summed E-state index contributed by atoms with van der Waals surface area (Å²) in [5.41, 5.74) is 2.72. The molecule has 2 aromatic rings. The Bertz CT molecular complexity index is 649. The van der Waals surface area contributed by atoms with Gasteiger partial charge in [0.1, 0.15) is 0 Å². The minimum Gasteiger partial charge on any atom is -0.378 e. The number of carbonyl (C=O) groups is 1. The van der Waals surface area contributed by atoms with Crippen LogP contribution in [0.1, 0.15) is 15.9 Å². The van der Waals surface area contributed by atoms with Crippen LogP contribution in [0.4, 0.5) is 5.69 Å². The number of carbonyl (C=O) groups excluding carboxylic acids is 1. The predicted octanol–water partition coefficient (Wildman–Crippen LogP) is 2.53. The maximum atomic E-state index is 11.8. The normalized spacial score (nSPS) is 9.43. The highest BCUT2D eigenvalue weighted by Crippen LogP contribution is 2.11. The van der Waals surface area contributed by atoms with Crippen LogP contribution in [-0.2, 0) is 0 Å². The van der Waals surface area contributed by atoms with Crippen LogP contribution in [0.15, 0.2) is 54.6 Å². The van der Waals surface area contributed by atoms with Crippen LogP contribution < -0.4 is 10.2 Å². The SMILES string of the molecule is CN(C)c1ccc(C#CCNC(=O)c2ccccc2)cc1. The van der Waals surface area contributed by atoms with E-state index in [-0.39, 0.29) is 5.91 Å². The lowest BCUT2D eigenvalue weighted by Crippen LogP contribution is -2.23. The number of benzene rings is 2. The molecule has 0 unspecified atom stereocenters. The molecule has 0 heterocycles. The largest absolute Gasteiger partial charge is 0.378 e. The second-order valence-electron chi connectivity index (χ2n) is 4.79. The molecule has 106 valence electrons. The monoisotopic (exact) mass is 278 g/mol. The fraction of sp³-hybridized carbons (Fsp3) is 0.167. The predicted molar refractivity (Wildman–Crippen MR) is 86.4 cm³/mol. The van der Waals surface area contributed by atoms with Gasteiger partial charge in [0.25, 0.3) is 5.91 Å². The Hall–Kier alpha value is -2.73. The summed E-state index contributed by atoms with van der Waals surface area (Å²) in [5.74, 6) is 5.89. The van der Waals surface area contributed by atoms with Crippen molar-refractivity contribution in [1.29, 1.82) is 0 Å². The van der Waals surface area contributed by atoms with Crippen LogP contribution in [0.2, 0.25) is 0 Å². The number of hydrogen-bond acceptors (Lipinski definition) is 2. The van der Waals surface area contributed by atoms with Gasteiger partial charge in [-0.25, -0.2) is 0 Å². The van der Waals surface area contributed by atoms with Crippen molar-refractivity contribution in [3.05, 3.63) is 65.7 Å². The molecule has 0 atom stereocenters. The van der Waals surface area contributed by atoms with Gasteiger partial charge in [0.15, 0.2) is 0 Å². The number of rotatable bonds is 3. The summed E-state index contributed by atoms with van der Waals surface area (Å²) in [6.07, 6.45) is 0. The molecule has 21 heavy (non-hydrogen) atoms. The Morgan fingerprint density at radius 1 is 1.05 bits per heavy atom.